The summed E-state index contributed by atoms with van der Waals surface area (Å²) in [6.45, 7) is 4.17. The zero-order chi connectivity index (χ0) is 13.8. The Labute approximate surface area is 121 Å². The molecule has 0 fully saturated rings. The van der Waals surface area contributed by atoms with Gasteiger partial charge in [-0.15, -0.1) is 11.3 Å². The second-order valence-electron chi connectivity index (χ2n) is 4.39. The average Bonchev–Trinajstić information content (AvgIpc) is 2.77. The number of hydrogen-bond donors (Lipinski definition) is 1. The number of hydrogen-bond acceptors (Lipinski definition) is 4. The molecule has 0 aliphatic heterocycles. The minimum absolute atomic E-state index is 0.206. The number of nitrogens with one attached hydrogen (secondary N) is 1. The molecule has 0 aliphatic carbocycles. The Morgan fingerprint density at radius 2 is 2.26 bits per heavy atom. The summed E-state index contributed by atoms with van der Waals surface area (Å²) in [6, 6.07) is 8.13. The first-order valence-corrected chi connectivity index (χ1v) is 7.16. The third-order valence-corrected chi connectivity index (χ3v) is 4.10. The maximum atomic E-state index is 8.93. The van der Waals surface area contributed by atoms with Crippen molar-refractivity contribution in [2.24, 2.45) is 0 Å². The summed E-state index contributed by atoms with van der Waals surface area (Å²) in [4.78, 5) is 6.82. The second-order valence-corrected chi connectivity index (χ2v) is 6.15. The summed E-state index contributed by atoms with van der Waals surface area (Å²) in [6.07, 6.45) is 2.50. The molecule has 0 spiro atoms. The zero-order valence-corrected chi connectivity index (χ0v) is 12.3. The third-order valence-electron chi connectivity index (χ3n) is 2.70. The lowest BCUT2D eigenvalue weighted by atomic mass is 10.2. The predicted octanol–water partition coefficient (Wildman–Crippen LogP) is 4.02. The van der Waals surface area contributed by atoms with Gasteiger partial charge in [0.25, 0.3) is 0 Å². The largest absolute Gasteiger partial charge is 0.366 e. The van der Waals surface area contributed by atoms with Crippen molar-refractivity contribution in [3.8, 4) is 6.07 Å². The van der Waals surface area contributed by atoms with E-state index in [-0.39, 0.29) is 6.04 Å². The van der Waals surface area contributed by atoms with E-state index in [1.165, 1.54) is 9.75 Å². The van der Waals surface area contributed by atoms with Crippen molar-refractivity contribution in [3.05, 3.63) is 44.7 Å². The maximum Gasteiger partial charge on any atom is 0.146 e. The number of nitriles is 1. The van der Waals surface area contributed by atoms with Crippen LogP contribution in [0.2, 0.25) is 5.02 Å². The second kappa shape index (κ2) is 6.05. The van der Waals surface area contributed by atoms with Gasteiger partial charge in [-0.2, -0.15) is 5.26 Å². The molecule has 98 valence electrons. The third kappa shape index (κ3) is 3.46. The lowest BCUT2D eigenvalue weighted by Crippen LogP contribution is -2.18. The Kier molecular flexibility index (Phi) is 4.41. The quantitative estimate of drug-likeness (QED) is 0.925. The van der Waals surface area contributed by atoms with Crippen LogP contribution in [-0.4, -0.2) is 11.0 Å². The zero-order valence-electron chi connectivity index (χ0n) is 10.8. The van der Waals surface area contributed by atoms with Gasteiger partial charge in [0.2, 0.25) is 0 Å². The Bertz CT molecular complexity index is 615. The van der Waals surface area contributed by atoms with E-state index in [0.717, 1.165) is 6.42 Å². The molecule has 3 nitrogen and oxygen atoms in total. The van der Waals surface area contributed by atoms with E-state index in [1.54, 1.807) is 23.6 Å². The molecular formula is C14H14ClN3S. The molecule has 1 atom stereocenters. The smallest absolute Gasteiger partial charge is 0.146 e. The topological polar surface area (TPSA) is 48.7 Å². The Balaban J connectivity index is 2.07. The van der Waals surface area contributed by atoms with Crippen LogP contribution in [0.25, 0.3) is 0 Å². The van der Waals surface area contributed by atoms with E-state index in [2.05, 4.69) is 42.4 Å². The molecule has 0 aliphatic rings. The molecule has 0 aromatic carbocycles. The molecule has 0 saturated heterocycles. The summed E-state index contributed by atoms with van der Waals surface area (Å²) in [5, 5.41) is 12.6. The van der Waals surface area contributed by atoms with Gasteiger partial charge in [0.1, 0.15) is 16.9 Å². The molecule has 19 heavy (non-hydrogen) atoms. The fourth-order valence-electron chi connectivity index (χ4n) is 1.81. The monoisotopic (exact) mass is 291 g/mol. The van der Waals surface area contributed by atoms with Gasteiger partial charge in [0.05, 0.1) is 5.56 Å². The molecule has 0 saturated carbocycles. The Hall–Kier alpha value is -1.57. The number of anilines is 1. The van der Waals surface area contributed by atoms with Crippen LogP contribution in [0.4, 0.5) is 5.82 Å². The van der Waals surface area contributed by atoms with Gasteiger partial charge in [-0.25, -0.2) is 4.98 Å². The van der Waals surface area contributed by atoms with Gasteiger partial charge >= 0.3 is 0 Å². The van der Waals surface area contributed by atoms with Crippen molar-refractivity contribution in [1.82, 2.24) is 4.98 Å². The summed E-state index contributed by atoms with van der Waals surface area (Å²) < 4.78 is 0. The predicted molar refractivity (Wildman–Crippen MR) is 79.8 cm³/mol. The Morgan fingerprint density at radius 3 is 2.89 bits per heavy atom. The van der Waals surface area contributed by atoms with Crippen LogP contribution in [0.15, 0.2) is 24.4 Å². The summed E-state index contributed by atoms with van der Waals surface area (Å²) >= 11 is 7.91. The first-order chi connectivity index (χ1) is 9.10. The fourth-order valence-corrected chi connectivity index (χ4v) is 3.04. The Morgan fingerprint density at radius 1 is 1.47 bits per heavy atom. The molecule has 0 radical (unpaired) electrons. The number of thiophene rings is 1. The molecule has 2 rings (SSSR count). The normalized spacial score (nSPS) is 11.9. The minimum atomic E-state index is 0.206. The summed E-state index contributed by atoms with van der Waals surface area (Å²) in [5.41, 5.74) is 0.443. The summed E-state index contributed by atoms with van der Waals surface area (Å²) in [5.74, 6) is 0.571. The van der Waals surface area contributed by atoms with Crippen LogP contribution in [0, 0.1) is 18.3 Å². The van der Waals surface area contributed by atoms with Crippen molar-refractivity contribution >= 4 is 28.8 Å². The van der Waals surface area contributed by atoms with Gasteiger partial charge < -0.3 is 5.32 Å². The van der Waals surface area contributed by atoms with Crippen molar-refractivity contribution in [3.63, 3.8) is 0 Å². The van der Waals surface area contributed by atoms with Crippen LogP contribution in [0.5, 0.6) is 0 Å². The number of pyridine rings is 1. The highest BCUT2D eigenvalue weighted by Crippen LogP contribution is 2.24. The molecular weight excluding hydrogens is 278 g/mol. The van der Waals surface area contributed by atoms with E-state index >= 15 is 0 Å². The van der Waals surface area contributed by atoms with Crippen molar-refractivity contribution in [1.29, 1.82) is 5.26 Å². The number of halogens is 1. The van der Waals surface area contributed by atoms with Gasteiger partial charge in [0.15, 0.2) is 0 Å². The number of aromatic nitrogens is 1. The van der Waals surface area contributed by atoms with E-state index in [4.69, 9.17) is 16.9 Å². The lowest BCUT2D eigenvalue weighted by Gasteiger charge is -2.14. The highest BCUT2D eigenvalue weighted by Gasteiger charge is 2.11. The minimum Gasteiger partial charge on any atom is -0.366 e. The molecule has 0 bridgehead atoms. The average molecular weight is 292 g/mol. The van der Waals surface area contributed by atoms with Gasteiger partial charge in [-0.3, -0.25) is 0 Å². The number of aryl methyl sites for hydroxylation is 1. The van der Waals surface area contributed by atoms with Crippen LogP contribution < -0.4 is 5.32 Å². The van der Waals surface area contributed by atoms with E-state index in [1.807, 2.05) is 0 Å². The molecule has 2 aromatic rings. The number of rotatable bonds is 4. The molecule has 2 aromatic heterocycles. The van der Waals surface area contributed by atoms with Crippen molar-refractivity contribution in [2.75, 3.05) is 5.32 Å². The van der Waals surface area contributed by atoms with Crippen molar-refractivity contribution < 1.29 is 0 Å². The van der Waals surface area contributed by atoms with Crippen molar-refractivity contribution in [2.45, 2.75) is 26.3 Å². The summed E-state index contributed by atoms with van der Waals surface area (Å²) in [7, 11) is 0. The van der Waals surface area contributed by atoms with Gasteiger partial charge in [0, 0.05) is 28.4 Å². The first-order valence-electron chi connectivity index (χ1n) is 5.96. The highest BCUT2D eigenvalue weighted by atomic mass is 35.5. The van der Waals surface area contributed by atoms with E-state index in [9.17, 15) is 0 Å². The number of nitrogens with zero attached hydrogens (tertiary/aromatic N) is 2. The van der Waals surface area contributed by atoms with Crippen LogP contribution in [0.3, 0.4) is 0 Å². The van der Waals surface area contributed by atoms with Gasteiger partial charge in [-0.1, -0.05) is 11.6 Å². The maximum absolute atomic E-state index is 8.93. The molecule has 2 heterocycles. The van der Waals surface area contributed by atoms with Crippen LogP contribution >= 0.6 is 22.9 Å². The molecule has 1 N–H and O–H groups in total. The molecule has 0 amide bonds. The van der Waals surface area contributed by atoms with E-state index in [0.29, 0.717) is 16.4 Å². The lowest BCUT2D eigenvalue weighted by molar-refractivity contribution is 0.794. The van der Waals surface area contributed by atoms with Gasteiger partial charge in [-0.05, 0) is 32.0 Å². The molecule has 1 unspecified atom stereocenters. The standard InChI is InChI=1S/C14H14ClN3S/c1-9(7-12-4-3-10(2)19-12)18-14-13(15)11(8-16)5-6-17-14/h3-6,9H,7H2,1-2H3,(H,17,18). The molecule has 5 heteroatoms. The van der Waals surface area contributed by atoms with E-state index < -0.39 is 0 Å². The van der Waals surface area contributed by atoms with Crippen LogP contribution in [0.1, 0.15) is 22.2 Å². The highest BCUT2D eigenvalue weighted by molar-refractivity contribution is 7.11. The SMILES string of the molecule is Cc1ccc(CC(C)Nc2nccc(C#N)c2Cl)s1. The first kappa shape index (κ1) is 13.9. The fraction of sp³-hybridized carbons (Fsp3) is 0.286. The van der Waals surface area contributed by atoms with Crippen LogP contribution in [-0.2, 0) is 6.42 Å².